The Morgan fingerprint density at radius 2 is 1.71 bits per heavy atom. The van der Waals surface area contributed by atoms with Crippen LogP contribution < -0.4 is 10.2 Å². The van der Waals surface area contributed by atoms with Crippen molar-refractivity contribution in [1.82, 2.24) is 9.88 Å². The molecular formula is C19H18IN3O. The molecule has 0 unspecified atom stereocenters. The first kappa shape index (κ1) is 15.7. The van der Waals surface area contributed by atoms with Crippen LogP contribution in [0.25, 0.3) is 16.6 Å². The molecular weight excluding hydrogens is 413 g/mol. The Labute approximate surface area is 154 Å². The number of hydrogen-bond donors (Lipinski definition) is 1. The summed E-state index contributed by atoms with van der Waals surface area (Å²) in [5.74, 6) is 1.01. The number of fused-ring (bicyclic) bond motifs is 1. The molecule has 1 aliphatic heterocycles. The standard InChI is InChI=1S/C19H18IN3O/c20-14-5-7-15(8-6-14)23-18-4-2-1-3-16(18)17(13-24)19(23)22-11-9-21-10-12-22/h1-8,13,21H,9-12H2. The van der Waals surface area contributed by atoms with Crippen molar-refractivity contribution in [1.29, 1.82) is 0 Å². The molecule has 0 atom stereocenters. The molecule has 1 aliphatic rings. The van der Waals surface area contributed by atoms with Crippen molar-refractivity contribution in [2.45, 2.75) is 0 Å². The van der Waals surface area contributed by atoms with Crippen LogP contribution in [0.2, 0.25) is 0 Å². The SMILES string of the molecule is O=Cc1c(N2CCNCC2)n(-c2ccc(I)cc2)c2ccccc12. The molecule has 0 radical (unpaired) electrons. The first-order chi connectivity index (χ1) is 11.8. The Hall–Kier alpha value is -1.86. The number of benzene rings is 2. The number of rotatable bonds is 3. The molecule has 0 spiro atoms. The van der Waals surface area contributed by atoms with Crippen LogP contribution in [0.4, 0.5) is 5.82 Å². The zero-order valence-electron chi connectivity index (χ0n) is 13.2. The van der Waals surface area contributed by atoms with Gasteiger partial charge < -0.3 is 10.2 Å². The maximum Gasteiger partial charge on any atom is 0.154 e. The number of nitrogens with zero attached hydrogens (tertiary/aromatic N) is 2. The van der Waals surface area contributed by atoms with Gasteiger partial charge in [-0.3, -0.25) is 9.36 Å². The summed E-state index contributed by atoms with van der Waals surface area (Å²) in [6, 6.07) is 16.6. The molecule has 2 aromatic carbocycles. The summed E-state index contributed by atoms with van der Waals surface area (Å²) < 4.78 is 3.42. The van der Waals surface area contributed by atoms with Gasteiger partial charge in [-0.1, -0.05) is 18.2 Å². The van der Waals surface area contributed by atoms with E-state index in [1.54, 1.807) is 0 Å². The van der Waals surface area contributed by atoms with E-state index < -0.39 is 0 Å². The fourth-order valence-corrected chi connectivity index (χ4v) is 3.77. The van der Waals surface area contributed by atoms with Gasteiger partial charge in [-0.2, -0.15) is 0 Å². The normalized spacial score (nSPS) is 15.0. The molecule has 1 fully saturated rings. The van der Waals surface area contributed by atoms with Crippen LogP contribution in [-0.4, -0.2) is 37.0 Å². The molecule has 122 valence electrons. The largest absolute Gasteiger partial charge is 0.355 e. The average Bonchev–Trinajstić information content (AvgIpc) is 2.97. The first-order valence-electron chi connectivity index (χ1n) is 8.10. The number of aromatic nitrogens is 1. The maximum atomic E-state index is 11.9. The minimum Gasteiger partial charge on any atom is -0.355 e. The fourth-order valence-electron chi connectivity index (χ4n) is 3.41. The summed E-state index contributed by atoms with van der Waals surface area (Å²) in [4.78, 5) is 14.2. The molecule has 1 saturated heterocycles. The third-order valence-corrected chi connectivity index (χ3v) is 5.23. The lowest BCUT2D eigenvalue weighted by atomic mass is 10.2. The predicted molar refractivity (Wildman–Crippen MR) is 106 cm³/mol. The van der Waals surface area contributed by atoms with E-state index in [0.717, 1.165) is 60.4 Å². The van der Waals surface area contributed by atoms with E-state index in [1.807, 2.05) is 18.2 Å². The molecule has 4 rings (SSSR count). The van der Waals surface area contributed by atoms with E-state index in [4.69, 9.17) is 0 Å². The maximum absolute atomic E-state index is 11.9. The Kier molecular flexibility index (Phi) is 4.28. The Morgan fingerprint density at radius 3 is 2.42 bits per heavy atom. The summed E-state index contributed by atoms with van der Waals surface area (Å²) in [5, 5.41) is 4.40. The molecule has 0 bridgehead atoms. The van der Waals surface area contributed by atoms with Crippen LogP contribution in [0, 0.1) is 3.57 Å². The van der Waals surface area contributed by atoms with Crippen LogP contribution in [0.5, 0.6) is 0 Å². The minimum atomic E-state index is 0.783. The lowest BCUT2D eigenvalue weighted by Crippen LogP contribution is -2.44. The van der Waals surface area contributed by atoms with E-state index in [0.29, 0.717) is 0 Å². The molecule has 0 amide bonds. The summed E-state index contributed by atoms with van der Waals surface area (Å²) >= 11 is 2.31. The van der Waals surface area contributed by atoms with Crippen LogP contribution in [-0.2, 0) is 0 Å². The predicted octanol–water partition coefficient (Wildman–Crippen LogP) is 3.46. The molecule has 1 aromatic heterocycles. The van der Waals surface area contributed by atoms with Crippen molar-refractivity contribution >= 4 is 45.6 Å². The van der Waals surface area contributed by atoms with E-state index in [-0.39, 0.29) is 0 Å². The van der Waals surface area contributed by atoms with Crippen molar-refractivity contribution in [3.05, 3.63) is 57.7 Å². The van der Waals surface area contributed by atoms with Crippen LogP contribution in [0.1, 0.15) is 10.4 Å². The number of halogens is 1. The zero-order chi connectivity index (χ0) is 16.5. The summed E-state index contributed by atoms with van der Waals surface area (Å²) in [6.07, 6.45) is 1.00. The number of carbonyl (C=O) groups is 1. The van der Waals surface area contributed by atoms with E-state index in [1.165, 1.54) is 3.57 Å². The lowest BCUT2D eigenvalue weighted by Gasteiger charge is -2.31. The summed E-state index contributed by atoms with van der Waals surface area (Å²) in [5.41, 5.74) is 2.95. The molecule has 5 heteroatoms. The van der Waals surface area contributed by atoms with Crippen molar-refractivity contribution in [3.8, 4) is 5.69 Å². The highest BCUT2D eigenvalue weighted by molar-refractivity contribution is 14.1. The van der Waals surface area contributed by atoms with Gasteiger partial charge in [0.1, 0.15) is 5.82 Å². The van der Waals surface area contributed by atoms with Gasteiger partial charge in [0, 0.05) is 40.8 Å². The van der Waals surface area contributed by atoms with Gasteiger partial charge in [0.25, 0.3) is 0 Å². The van der Waals surface area contributed by atoms with Crippen molar-refractivity contribution < 1.29 is 4.79 Å². The van der Waals surface area contributed by atoms with Gasteiger partial charge in [0.15, 0.2) is 6.29 Å². The number of anilines is 1. The number of carbonyl (C=O) groups excluding carboxylic acids is 1. The molecule has 1 N–H and O–H groups in total. The summed E-state index contributed by atoms with van der Waals surface area (Å²) in [6.45, 7) is 3.68. The third kappa shape index (κ3) is 2.61. The molecule has 0 saturated carbocycles. The monoisotopic (exact) mass is 431 g/mol. The topological polar surface area (TPSA) is 37.3 Å². The van der Waals surface area contributed by atoms with E-state index >= 15 is 0 Å². The number of piperazine rings is 1. The second kappa shape index (κ2) is 6.57. The van der Waals surface area contributed by atoms with E-state index in [2.05, 4.69) is 67.7 Å². The first-order valence-corrected chi connectivity index (χ1v) is 9.17. The van der Waals surface area contributed by atoms with Crippen molar-refractivity contribution in [2.24, 2.45) is 0 Å². The highest BCUT2D eigenvalue weighted by Gasteiger charge is 2.23. The molecule has 4 nitrogen and oxygen atoms in total. The molecule has 2 heterocycles. The third-order valence-electron chi connectivity index (χ3n) is 4.51. The average molecular weight is 431 g/mol. The Morgan fingerprint density at radius 1 is 1.00 bits per heavy atom. The summed E-state index contributed by atoms with van der Waals surface area (Å²) in [7, 11) is 0. The van der Waals surface area contributed by atoms with Crippen LogP contribution >= 0.6 is 22.6 Å². The van der Waals surface area contributed by atoms with Gasteiger partial charge in [0.2, 0.25) is 0 Å². The van der Waals surface area contributed by atoms with Gasteiger partial charge >= 0.3 is 0 Å². The number of nitrogens with one attached hydrogen (secondary N) is 1. The van der Waals surface area contributed by atoms with Gasteiger partial charge in [0.05, 0.1) is 11.1 Å². The van der Waals surface area contributed by atoms with Crippen molar-refractivity contribution in [3.63, 3.8) is 0 Å². The van der Waals surface area contributed by atoms with E-state index in [9.17, 15) is 4.79 Å². The Balaban J connectivity index is 2.01. The smallest absolute Gasteiger partial charge is 0.154 e. The van der Waals surface area contributed by atoms with Crippen molar-refractivity contribution in [2.75, 3.05) is 31.1 Å². The number of hydrogen-bond acceptors (Lipinski definition) is 3. The Bertz CT molecular complexity index is 880. The number of aldehydes is 1. The van der Waals surface area contributed by atoms with Gasteiger partial charge in [-0.25, -0.2) is 0 Å². The minimum absolute atomic E-state index is 0.783. The second-order valence-electron chi connectivity index (χ2n) is 5.92. The van der Waals surface area contributed by atoms with Crippen LogP contribution in [0.3, 0.4) is 0 Å². The highest BCUT2D eigenvalue weighted by atomic mass is 127. The fraction of sp³-hybridized carbons (Fsp3) is 0.211. The molecule has 3 aromatic rings. The van der Waals surface area contributed by atoms with Crippen LogP contribution in [0.15, 0.2) is 48.5 Å². The molecule has 24 heavy (non-hydrogen) atoms. The second-order valence-corrected chi connectivity index (χ2v) is 7.17. The zero-order valence-corrected chi connectivity index (χ0v) is 15.4. The van der Waals surface area contributed by atoms with Gasteiger partial charge in [-0.05, 0) is 52.9 Å². The lowest BCUT2D eigenvalue weighted by molar-refractivity contribution is 0.112. The van der Waals surface area contributed by atoms with Gasteiger partial charge in [-0.15, -0.1) is 0 Å². The molecule has 0 aliphatic carbocycles. The quantitative estimate of drug-likeness (QED) is 0.510. The highest BCUT2D eigenvalue weighted by Crippen LogP contribution is 2.35. The number of para-hydroxylation sites is 1.